The number of hydrogen-bond acceptors (Lipinski definition) is 11. The first-order chi connectivity index (χ1) is 25.9. The molecule has 2 fully saturated rings. The fraction of sp³-hybridized carbons (Fsp3) is 0.447. The second kappa shape index (κ2) is 17.5. The van der Waals surface area contributed by atoms with Crippen LogP contribution >= 0.6 is 0 Å². The van der Waals surface area contributed by atoms with Crippen molar-refractivity contribution in [2.24, 2.45) is 22.2 Å². The number of aliphatic hydroxyl groups is 1. The molecule has 3 aromatic rings. The average molecular weight is 824 g/mol. The molecule has 1 amide bonds. The van der Waals surface area contributed by atoms with Crippen LogP contribution in [-0.2, 0) is 25.9 Å². The zero-order valence-electron chi connectivity index (χ0n) is 30.0. The molecular weight excluding hydrogens is 779 g/mol. The van der Waals surface area contributed by atoms with Crippen LogP contribution in [0.5, 0.6) is 17.2 Å². The van der Waals surface area contributed by atoms with Crippen molar-refractivity contribution in [2.75, 3.05) is 26.6 Å². The molecule has 0 aromatic heterocycles. The van der Waals surface area contributed by atoms with E-state index in [1.54, 1.807) is 18.2 Å². The number of nitrogens with one attached hydrogen (secondary N) is 1. The third-order valence-electron chi connectivity index (χ3n) is 9.89. The molecular formula is C38H44AsN4O10S. The van der Waals surface area contributed by atoms with Crippen LogP contribution < -0.4 is 19.5 Å². The Hall–Kier alpha value is -4.16. The fourth-order valence-electron chi connectivity index (χ4n) is 7.21. The number of sulfonamides is 1. The Kier molecular flexibility index (Phi) is 12.8. The number of aliphatic imine (C=N–C) groups is 1. The van der Waals surface area contributed by atoms with Crippen LogP contribution in [0.1, 0.15) is 32.3 Å². The van der Waals surface area contributed by atoms with E-state index < -0.39 is 67.7 Å². The van der Waals surface area contributed by atoms with E-state index in [0.29, 0.717) is 40.8 Å². The molecule has 14 nitrogen and oxygen atoms in total. The number of fused-ring (bicyclic) bond motifs is 2. The van der Waals surface area contributed by atoms with Crippen LogP contribution in [0.2, 0.25) is 5.21 Å². The quantitative estimate of drug-likeness (QED) is 0.0800. The standard InChI is InChI=1S/C38H44AsN4O10S/c1-38(2,16-17-39-36(41-23-40)53-26-11-7-4-8-12-26)22-43(54(47,48)27-13-14-31-32(20-27)52-24-51-31)33(29-21-50-35-28(29)15-18-49-35)34(44)30(42-37(45)46)19-25-9-5-3-6-10-25/h3-14,20,28-30,33-35,42,44H,15-19,21-22,24H2,1-2H3,(H,45,46)/t28-,29+,30-,33?,34+,35+/m0/s1. The Bertz CT molecular complexity index is 1930. The summed E-state index contributed by atoms with van der Waals surface area (Å²) in [6.07, 6.45) is -0.390. The van der Waals surface area contributed by atoms with Gasteiger partial charge in [-0.2, -0.15) is 0 Å². The van der Waals surface area contributed by atoms with Crippen molar-refractivity contribution >= 4 is 36.6 Å². The molecule has 3 aliphatic heterocycles. The van der Waals surface area contributed by atoms with Crippen molar-refractivity contribution in [1.29, 1.82) is 5.26 Å². The fourth-order valence-corrected chi connectivity index (χ4v) is 11.6. The van der Waals surface area contributed by atoms with E-state index in [0.717, 1.165) is 5.56 Å². The first-order valence-electron chi connectivity index (χ1n) is 17.7. The second-order valence-corrected chi connectivity index (χ2v) is 18.5. The normalized spacial score (nSPS) is 21.5. The topological polar surface area (TPSA) is 189 Å². The van der Waals surface area contributed by atoms with Gasteiger partial charge in [0.1, 0.15) is 0 Å². The Morgan fingerprint density at radius 2 is 1.81 bits per heavy atom. The summed E-state index contributed by atoms with van der Waals surface area (Å²) in [6, 6.07) is 20.4. The molecule has 3 aliphatic rings. The second-order valence-electron chi connectivity index (χ2n) is 14.2. The third kappa shape index (κ3) is 9.55. The minimum atomic E-state index is -4.41. The van der Waals surface area contributed by atoms with E-state index in [1.807, 2.05) is 68.6 Å². The van der Waals surface area contributed by atoms with Gasteiger partial charge in [0, 0.05) is 0 Å². The van der Waals surface area contributed by atoms with Gasteiger partial charge in [0.15, 0.2) is 0 Å². The number of para-hydroxylation sites is 1. The molecule has 6 rings (SSSR count). The number of carboxylic acid groups (broad SMARTS) is 1. The Labute approximate surface area is 321 Å². The van der Waals surface area contributed by atoms with Gasteiger partial charge < -0.3 is 0 Å². The van der Waals surface area contributed by atoms with Crippen LogP contribution in [0.4, 0.5) is 4.79 Å². The Balaban J connectivity index is 1.36. The van der Waals surface area contributed by atoms with Gasteiger partial charge in [-0.15, -0.1) is 0 Å². The maximum absolute atomic E-state index is 15.1. The summed E-state index contributed by atoms with van der Waals surface area (Å²) in [5.74, 6) is 0.473. The molecule has 3 heterocycles. The molecule has 6 atom stereocenters. The van der Waals surface area contributed by atoms with Crippen molar-refractivity contribution < 1.29 is 47.1 Å². The van der Waals surface area contributed by atoms with Crippen LogP contribution in [0.25, 0.3) is 0 Å². The van der Waals surface area contributed by atoms with E-state index in [2.05, 4.69) is 10.3 Å². The third-order valence-corrected chi connectivity index (χ3v) is 13.6. The SMILES string of the molecule is CC(C)(CC[As]C(=NC#N)Oc1ccccc1)CN(C([C@H](O)[C@H](Cc1ccccc1)NC(=O)O)[C@@H]1CO[C@H]2OCC[C@H]21)S(=O)(=O)c1ccc2c(c1)OCO2. The molecule has 0 spiro atoms. The summed E-state index contributed by atoms with van der Waals surface area (Å²) >= 11 is -0.714. The molecule has 54 heavy (non-hydrogen) atoms. The first kappa shape index (κ1) is 39.5. The monoisotopic (exact) mass is 823 g/mol. The summed E-state index contributed by atoms with van der Waals surface area (Å²) in [4.78, 5) is 16.1. The van der Waals surface area contributed by atoms with Crippen LogP contribution in [0.15, 0.2) is 88.8 Å². The Morgan fingerprint density at radius 3 is 2.54 bits per heavy atom. The first-order valence-corrected chi connectivity index (χ1v) is 21.4. The van der Waals surface area contributed by atoms with E-state index in [9.17, 15) is 20.3 Å². The molecule has 3 aromatic carbocycles. The molecule has 0 aliphatic carbocycles. The number of carbonyl (C=O) groups is 1. The number of ether oxygens (including phenoxy) is 5. The van der Waals surface area contributed by atoms with E-state index in [4.69, 9.17) is 23.7 Å². The number of amides is 1. The molecule has 0 saturated carbocycles. The number of nitriles is 1. The molecule has 3 N–H and O–H groups in total. The zero-order valence-corrected chi connectivity index (χ0v) is 32.7. The average Bonchev–Trinajstić information content (AvgIpc) is 3.90. The van der Waals surface area contributed by atoms with Crippen molar-refractivity contribution in [3.63, 3.8) is 0 Å². The molecule has 0 bridgehead atoms. The van der Waals surface area contributed by atoms with Gasteiger partial charge in [-0.1, -0.05) is 6.07 Å². The van der Waals surface area contributed by atoms with Gasteiger partial charge in [0.2, 0.25) is 0 Å². The number of rotatable bonds is 16. The van der Waals surface area contributed by atoms with Crippen molar-refractivity contribution in [1.82, 2.24) is 9.62 Å². The van der Waals surface area contributed by atoms with Gasteiger partial charge in [-0.3, -0.25) is 0 Å². The zero-order chi connectivity index (χ0) is 38.3. The number of benzene rings is 3. The minimum absolute atomic E-state index is 0.0449. The Morgan fingerprint density at radius 1 is 1.09 bits per heavy atom. The summed E-state index contributed by atoms with van der Waals surface area (Å²) in [5, 5.41) is 34.9. The van der Waals surface area contributed by atoms with Gasteiger partial charge in [-0.25, -0.2) is 0 Å². The van der Waals surface area contributed by atoms with E-state index in [-0.39, 0.29) is 42.9 Å². The van der Waals surface area contributed by atoms with Gasteiger partial charge in [0.25, 0.3) is 0 Å². The van der Waals surface area contributed by atoms with Crippen LogP contribution in [-0.4, -0.2) is 100 Å². The van der Waals surface area contributed by atoms with E-state index >= 15 is 8.42 Å². The molecule has 2 saturated heterocycles. The number of aliphatic hydroxyl groups excluding tert-OH is 1. The summed E-state index contributed by atoms with van der Waals surface area (Å²) in [6.45, 7) is 4.32. The van der Waals surface area contributed by atoms with Crippen molar-refractivity contribution in [3.8, 4) is 23.4 Å². The van der Waals surface area contributed by atoms with E-state index in [1.165, 1.54) is 16.4 Å². The van der Waals surface area contributed by atoms with Gasteiger partial charge in [0.05, 0.1) is 0 Å². The molecule has 1 unspecified atom stereocenters. The van der Waals surface area contributed by atoms with Crippen LogP contribution in [0.3, 0.4) is 0 Å². The van der Waals surface area contributed by atoms with Crippen LogP contribution in [0, 0.1) is 28.7 Å². The molecule has 1 radical (unpaired) electrons. The summed E-state index contributed by atoms with van der Waals surface area (Å²) in [7, 11) is -4.41. The molecule has 287 valence electrons. The van der Waals surface area contributed by atoms with Gasteiger partial charge >= 0.3 is 317 Å². The van der Waals surface area contributed by atoms with Crippen molar-refractivity contribution in [3.05, 3.63) is 84.4 Å². The predicted molar refractivity (Wildman–Crippen MR) is 198 cm³/mol. The number of nitrogens with zero attached hydrogens (tertiary/aromatic N) is 3. The molecule has 16 heteroatoms. The predicted octanol–water partition coefficient (Wildman–Crippen LogP) is 4.48. The number of hydrogen-bond donors (Lipinski definition) is 3. The van der Waals surface area contributed by atoms with Gasteiger partial charge in [-0.05, 0) is 0 Å². The summed E-state index contributed by atoms with van der Waals surface area (Å²) in [5.41, 5.74) is 0.0713. The maximum atomic E-state index is 15.1. The van der Waals surface area contributed by atoms with Crippen molar-refractivity contribution in [2.45, 2.75) is 67.7 Å². The summed E-state index contributed by atoms with van der Waals surface area (Å²) < 4.78 is 60.7.